The molecule has 1 amide bonds. The third-order valence-corrected chi connectivity index (χ3v) is 2.44. The number of carbonyl (C=O) groups is 1. The average Bonchev–Trinajstić information content (AvgIpc) is 2.57. The Bertz CT molecular complexity index is 528. The third kappa shape index (κ3) is 2.06. The van der Waals surface area contributed by atoms with E-state index in [0.717, 1.165) is 22.3 Å². The number of fused-ring (bicyclic) bond motifs is 1. The van der Waals surface area contributed by atoms with Gasteiger partial charge in [-0.15, -0.1) is 0 Å². The minimum absolute atomic E-state index is 0.174. The van der Waals surface area contributed by atoms with Gasteiger partial charge in [-0.05, 0) is 38.1 Å². The highest BCUT2D eigenvalue weighted by Gasteiger charge is 2.07. The molecule has 4 nitrogen and oxygen atoms in total. The molecular formula is C12H15N3O. The molecule has 0 saturated carbocycles. The Kier molecular flexibility index (Phi) is 2.66. The Morgan fingerprint density at radius 1 is 1.44 bits per heavy atom. The Labute approximate surface area is 93.8 Å². The lowest BCUT2D eigenvalue weighted by molar-refractivity contribution is -0.117. The normalized spacial score (nSPS) is 12.7. The van der Waals surface area contributed by atoms with Crippen molar-refractivity contribution in [3.8, 4) is 0 Å². The summed E-state index contributed by atoms with van der Waals surface area (Å²) in [4.78, 5) is 14.6. The summed E-state index contributed by atoms with van der Waals surface area (Å²) in [7, 11) is 0. The second-order valence-electron chi connectivity index (χ2n) is 4.03. The van der Waals surface area contributed by atoms with Gasteiger partial charge in [0.05, 0.1) is 6.04 Å². The van der Waals surface area contributed by atoms with Crippen LogP contribution in [-0.2, 0) is 4.79 Å². The molecule has 16 heavy (non-hydrogen) atoms. The lowest BCUT2D eigenvalue weighted by Gasteiger charge is -2.07. The summed E-state index contributed by atoms with van der Waals surface area (Å²) in [6.45, 7) is 3.66. The van der Waals surface area contributed by atoms with Crippen LogP contribution in [0.15, 0.2) is 24.3 Å². The molecule has 1 aromatic carbocycles. The lowest BCUT2D eigenvalue weighted by atomic mass is 10.2. The summed E-state index contributed by atoms with van der Waals surface area (Å²) in [5, 5.41) is 3.85. The summed E-state index contributed by atoms with van der Waals surface area (Å²) in [6.07, 6.45) is 0. The van der Waals surface area contributed by atoms with Crippen LogP contribution in [0.3, 0.4) is 0 Å². The highest BCUT2D eigenvalue weighted by Crippen LogP contribution is 2.19. The van der Waals surface area contributed by atoms with Crippen molar-refractivity contribution in [2.24, 2.45) is 5.73 Å². The first kappa shape index (κ1) is 10.7. The van der Waals surface area contributed by atoms with Crippen LogP contribution in [0.5, 0.6) is 0 Å². The number of nitrogens with two attached hydrogens (primary N) is 1. The van der Waals surface area contributed by atoms with Crippen LogP contribution < -0.4 is 11.1 Å². The van der Waals surface area contributed by atoms with Crippen LogP contribution in [0.4, 0.5) is 5.69 Å². The number of aryl methyl sites for hydroxylation is 1. The minimum atomic E-state index is -0.497. The zero-order valence-electron chi connectivity index (χ0n) is 9.37. The summed E-state index contributed by atoms with van der Waals surface area (Å²) < 4.78 is 0. The van der Waals surface area contributed by atoms with Crippen LogP contribution in [0, 0.1) is 6.92 Å². The van der Waals surface area contributed by atoms with Gasteiger partial charge in [0.15, 0.2) is 0 Å². The lowest BCUT2D eigenvalue weighted by Crippen LogP contribution is -2.32. The minimum Gasteiger partial charge on any atom is -0.359 e. The largest absolute Gasteiger partial charge is 0.359 e. The molecule has 0 bridgehead atoms. The highest BCUT2D eigenvalue weighted by molar-refractivity contribution is 5.96. The number of anilines is 1. The van der Waals surface area contributed by atoms with Crippen molar-refractivity contribution in [1.29, 1.82) is 0 Å². The predicted molar refractivity (Wildman–Crippen MR) is 65.3 cm³/mol. The van der Waals surface area contributed by atoms with Gasteiger partial charge in [-0.1, -0.05) is 0 Å². The maximum absolute atomic E-state index is 11.4. The van der Waals surface area contributed by atoms with Crippen LogP contribution in [0.1, 0.15) is 12.6 Å². The molecule has 4 heteroatoms. The second kappa shape index (κ2) is 3.98. The van der Waals surface area contributed by atoms with Crippen molar-refractivity contribution >= 4 is 22.5 Å². The molecule has 0 radical (unpaired) electrons. The molecular weight excluding hydrogens is 202 g/mol. The number of hydrogen-bond donors (Lipinski definition) is 3. The van der Waals surface area contributed by atoms with Crippen molar-refractivity contribution in [1.82, 2.24) is 4.98 Å². The van der Waals surface area contributed by atoms with E-state index in [1.54, 1.807) is 6.92 Å². The van der Waals surface area contributed by atoms with E-state index in [2.05, 4.69) is 10.3 Å². The number of hydrogen-bond acceptors (Lipinski definition) is 2. The number of carbonyl (C=O) groups excluding carboxylic acids is 1. The van der Waals surface area contributed by atoms with Gasteiger partial charge in [-0.3, -0.25) is 4.79 Å². The van der Waals surface area contributed by atoms with E-state index in [-0.39, 0.29) is 5.91 Å². The molecule has 2 rings (SSSR count). The molecule has 0 aliphatic carbocycles. The summed E-state index contributed by atoms with van der Waals surface area (Å²) >= 11 is 0. The van der Waals surface area contributed by atoms with Crippen LogP contribution in [0.25, 0.3) is 10.9 Å². The van der Waals surface area contributed by atoms with Gasteiger partial charge in [0.1, 0.15) is 0 Å². The SMILES string of the molecule is Cc1cc2cc(NC(=O)[C@@H](C)N)ccc2[nH]1. The van der Waals surface area contributed by atoms with Gasteiger partial charge < -0.3 is 16.0 Å². The number of benzene rings is 1. The van der Waals surface area contributed by atoms with Crippen molar-refractivity contribution in [2.75, 3.05) is 5.32 Å². The molecule has 0 aliphatic heterocycles. The smallest absolute Gasteiger partial charge is 0.240 e. The van der Waals surface area contributed by atoms with Crippen molar-refractivity contribution < 1.29 is 4.79 Å². The zero-order valence-corrected chi connectivity index (χ0v) is 9.37. The monoisotopic (exact) mass is 217 g/mol. The molecule has 0 aliphatic rings. The van der Waals surface area contributed by atoms with Gasteiger partial charge in [-0.2, -0.15) is 0 Å². The molecule has 4 N–H and O–H groups in total. The fourth-order valence-corrected chi connectivity index (χ4v) is 1.61. The Morgan fingerprint density at radius 3 is 2.88 bits per heavy atom. The Morgan fingerprint density at radius 2 is 2.19 bits per heavy atom. The van der Waals surface area contributed by atoms with E-state index < -0.39 is 6.04 Å². The van der Waals surface area contributed by atoms with Gasteiger partial charge in [-0.25, -0.2) is 0 Å². The third-order valence-electron chi connectivity index (χ3n) is 2.44. The average molecular weight is 217 g/mol. The fourth-order valence-electron chi connectivity index (χ4n) is 1.61. The summed E-state index contributed by atoms with van der Waals surface area (Å²) in [5.74, 6) is -0.174. The highest BCUT2D eigenvalue weighted by atomic mass is 16.2. The van der Waals surface area contributed by atoms with E-state index in [4.69, 9.17) is 5.73 Å². The van der Waals surface area contributed by atoms with Gasteiger partial charge >= 0.3 is 0 Å². The van der Waals surface area contributed by atoms with Crippen molar-refractivity contribution in [3.05, 3.63) is 30.0 Å². The first-order valence-corrected chi connectivity index (χ1v) is 5.22. The van der Waals surface area contributed by atoms with Crippen LogP contribution in [-0.4, -0.2) is 16.9 Å². The number of H-pyrrole nitrogens is 1. The molecule has 0 saturated heterocycles. The number of amides is 1. The maximum Gasteiger partial charge on any atom is 0.240 e. The van der Waals surface area contributed by atoms with E-state index in [1.807, 2.05) is 31.2 Å². The Hall–Kier alpha value is -1.81. The molecule has 0 spiro atoms. The van der Waals surface area contributed by atoms with Crippen LogP contribution >= 0.6 is 0 Å². The summed E-state index contributed by atoms with van der Waals surface area (Å²) in [5.41, 5.74) is 8.42. The Balaban J connectivity index is 2.29. The molecule has 1 atom stereocenters. The van der Waals surface area contributed by atoms with E-state index >= 15 is 0 Å². The number of nitrogens with one attached hydrogen (secondary N) is 2. The first-order valence-electron chi connectivity index (χ1n) is 5.22. The quantitative estimate of drug-likeness (QED) is 0.717. The number of aromatic nitrogens is 1. The standard InChI is InChI=1S/C12H15N3O/c1-7-5-9-6-10(3-4-11(9)14-7)15-12(16)8(2)13/h3-6,8,14H,13H2,1-2H3,(H,15,16)/t8-/m1/s1. The van der Waals surface area contributed by atoms with Gasteiger partial charge in [0.25, 0.3) is 0 Å². The van der Waals surface area contributed by atoms with E-state index in [1.165, 1.54) is 0 Å². The molecule has 1 aromatic heterocycles. The second-order valence-corrected chi connectivity index (χ2v) is 4.03. The van der Waals surface area contributed by atoms with Crippen molar-refractivity contribution in [3.63, 3.8) is 0 Å². The molecule has 2 aromatic rings. The molecule has 0 unspecified atom stereocenters. The fraction of sp³-hybridized carbons (Fsp3) is 0.250. The van der Waals surface area contributed by atoms with E-state index in [0.29, 0.717) is 0 Å². The number of rotatable bonds is 2. The summed E-state index contributed by atoms with van der Waals surface area (Å²) in [6, 6.07) is 7.27. The van der Waals surface area contributed by atoms with Crippen LogP contribution in [0.2, 0.25) is 0 Å². The maximum atomic E-state index is 11.4. The van der Waals surface area contributed by atoms with Crippen molar-refractivity contribution in [2.45, 2.75) is 19.9 Å². The first-order chi connectivity index (χ1) is 7.56. The number of aromatic amines is 1. The predicted octanol–water partition coefficient (Wildman–Crippen LogP) is 1.76. The van der Waals surface area contributed by atoms with Gasteiger partial charge in [0, 0.05) is 22.3 Å². The van der Waals surface area contributed by atoms with E-state index in [9.17, 15) is 4.79 Å². The topological polar surface area (TPSA) is 70.9 Å². The molecule has 0 fully saturated rings. The zero-order chi connectivity index (χ0) is 11.7. The molecule has 1 heterocycles. The molecule has 84 valence electrons. The van der Waals surface area contributed by atoms with Gasteiger partial charge in [0.2, 0.25) is 5.91 Å².